The first-order chi connectivity index (χ1) is 9.99. The molecule has 0 spiro atoms. The number of nitro groups is 1. The largest absolute Gasteiger partial charge is 0.457 e. The van der Waals surface area contributed by atoms with Crippen LogP contribution in [0.3, 0.4) is 0 Å². The summed E-state index contributed by atoms with van der Waals surface area (Å²) in [7, 11) is 0. The highest BCUT2D eigenvalue weighted by molar-refractivity contribution is 6.30. The first-order valence-corrected chi connectivity index (χ1v) is 6.52. The molecule has 2 aromatic rings. The molecule has 0 heterocycles. The molecule has 0 aromatic heterocycles. The van der Waals surface area contributed by atoms with Crippen molar-refractivity contribution in [2.24, 2.45) is 0 Å². The highest BCUT2D eigenvalue weighted by Crippen LogP contribution is 2.24. The van der Waals surface area contributed by atoms with Crippen molar-refractivity contribution < 1.29 is 14.5 Å². The molecule has 21 heavy (non-hydrogen) atoms. The third-order valence-corrected chi connectivity index (χ3v) is 3.13. The summed E-state index contributed by atoms with van der Waals surface area (Å²) >= 11 is 5.83. The maximum absolute atomic E-state index is 12.0. The number of rotatable bonds is 4. The molecule has 0 saturated heterocycles. The lowest BCUT2D eigenvalue weighted by molar-refractivity contribution is -0.385. The van der Waals surface area contributed by atoms with E-state index >= 15 is 0 Å². The normalized spacial score (nSPS) is 10.2. The van der Waals surface area contributed by atoms with Gasteiger partial charge in [0.1, 0.15) is 12.2 Å². The van der Waals surface area contributed by atoms with Gasteiger partial charge in [0, 0.05) is 10.6 Å². The highest BCUT2D eigenvalue weighted by atomic mass is 35.5. The number of para-hydroxylation sites is 1. The van der Waals surface area contributed by atoms with Crippen molar-refractivity contribution >= 4 is 23.3 Å². The van der Waals surface area contributed by atoms with Crippen LogP contribution in [0.2, 0.25) is 5.02 Å². The van der Waals surface area contributed by atoms with Gasteiger partial charge >= 0.3 is 5.97 Å². The summed E-state index contributed by atoms with van der Waals surface area (Å²) in [6, 6.07) is 11.4. The van der Waals surface area contributed by atoms with E-state index in [1.54, 1.807) is 43.3 Å². The zero-order valence-electron chi connectivity index (χ0n) is 11.2. The molecule has 0 radical (unpaired) electrons. The second kappa shape index (κ2) is 6.37. The van der Waals surface area contributed by atoms with Crippen LogP contribution in [-0.4, -0.2) is 10.9 Å². The van der Waals surface area contributed by atoms with Crippen LogP contribution in [0.1, 0.15) is 21.5 Å². The van der Waals surface area contributed by atoms with Gasteiger partial charge in [0.25, 0.3) is 5.69 Å². The molecule has 0 fully saturated rings. The van der Waals surface area contributed by atoms with Crippen molar-refractivity contribution in [2.75, 3.05) is 0 Å². The number of carbonyl (C=O) groups is 1. The van der Waals surface area contributed by atoms with Gasteiger partial charge in [-0.3, -0.25) is 10.1 Å². The first kappa shape index (κ1) is 15.0. The maximum Gasteiger partial charge on any atom is 0.345 e. The van der Waals surface area contributed by atoms with E-state index in [2.05, 4.69) is 0 Å². The average molecular weight is 306 g/mol. The molecule has 2 aromatic carbocycles. The first-order valence-electron chi connectivity index (χ1n) is 6.14. The van der Waals surface area contributed by atoms with Crippen molar-refractivity contribution in [3.8, 4) is 0 Å². The number of hydrogen-bond donors (Lipinski definition) is 0. The summed E-state index contributed by atoms with van der Waals surface area (Å²) in [5.41, 5.74) is 0.846. The minimum absolute atomic E-state index is 0.00445. The predicted octanol–water partition coefficient (Wildman–Crippen LogP) is 3.91. The van der Waals surface area contributed by atoms with Gasteiger partial charge in [-0.25, -0.2) is 4.79 Å². The number of carbonyl (C=O) groups excluding carboxylic acids is 1. The van der Waals surface area contributed by atoms with E-state index < -0.39 is 10.9 Å². The van der Waals surface area contributed by atoms with Gasteiger partial charge in [-0.05, 0) is 30.7 Å². The quantitative estimate of drug-likeness (QED) is 0.488. The minimum atomic E-state index is -0.731. The number of hydrogen-bond acceptors (Lipinski definition) is 4. The van der Waals surface area contributed by atoms with Crippen molar-refractivity contribution in [3.05, 3.63) is 74.3 Å². The van der Waals surface area contributed by atoms with Crippen molar-refractivity contribution in [1.29, 1.82) is 0 Å². The number of ether oxygens (including phenoxy) is 1. The standard InChI is InChI=1S/C15H12ClNO4/c1-10-4-2-7-13(14(10)17(19)20)15(18)21-9-11-5-3-6-12(16)8-11/h2-8H,9H2,1H3. The van der Waals surface area contributed by atoms with Gasteiger partial charge in [-0.15, -0.1) is 0 Å². The molecule has 0 aliphatic heterocycles. The molecule has 2 rings (SSSR count). The molecular weight excluding hydrogens is 294 g/mol. The molecule has 0 atom stereocenters. The SMILES string of the molecule is Cc1cccc(C(=O)OCc2cccc(Cl)c2)c1[N+](=O)[O-]. The smallest absolute Gasteiger partial charge is 0.345 e. The highest BCUT2D eigenvalue weighted by Gasteiger charge is 2.23. The van der Waals surface area contributed by atoms with Gasteiger partial charge < -0.3 is 4.74 Å². The number of nitro benzene ring substituents is 1. The Morgan fingerprint density at radius 3 is 2.67 bits per heavy atom. The minimum Gasteiger partial charge on any atom is -0.457 e. The van der Waals surface area contributed by atoms with E-state index in [0.717, 1.165) is 0 Å². The molecule has 0 amide bonds. The van der Waals surface area contributed by atoms with Gasteiger partial charge in [0.15, 0.2) is 0 Å². The lowest BCUT2D eigenvalue weighted by Gasteiger charge is -2.07. The van der Waals surface area contributed by atoms with Gasteiger partial charge in [-0.1, -0.05) is 35.9 Å². The number of esters is 1. The van der Waals surface area contributed by atoms with Crippen LogP contribution in [0.4, 0.5) is 5.69 Å². The van der Waals surface area contributed by atoms with E-state index in [1.165, 1.54) is 6.07 Å². The molecule has 0 saturated carbocycles. The molecular formula is C15H12ClNO4. The van der Waals surface area contributed by atoms with Crippen LogP contribution in [0.5, 0.6) is 0 Å². The molecule has 108 valence electrons. The average Bonchev–Trinajstić information content (AvgIpc) is 2.44. The summed E-state index contributed by atoms with van der Waals surface area (Å²) in [6.45, 7) is 1.58. The molecule has 6 heteroatoms. The third kappa shape index (κ3) is 3.58. The third-order valence-electron chi connectivity index (χ3n) is 2.90. The summed E-state index contributed by atoms with van der Waals surface area (Å²) < 4.78 is 5.11. The Morgan fingerprint density at radius 2 is 2.00 bits per heavy atom. The molecule has 5 nitrogen and oxygen atoms in total. The number of aryl methyl sites for hydroxylation is 1. The van der Waals surface area contributed by atoms with Crippen molar-refractivity contribution in [2.45, 2.75) is 13.5 Å². The fraction of sp³-hybridized carbons (Fsp3) is 0.133. The summed E-state index contributed by atoms with van der Waals surface area (Å²) in [6.07, 6.45) is 0. The Kier molecular flexibility index (Phi) is 4.55. The monoisotopic (exact) mass is 305 g/mol. The van der Waals surface area contributed by atoms with E-state index in [0.29, 0.717) is 16.1 Å². The second-order valence-corrected chi connectivity index (χ2v) is 4.87. The topological polar surface area (TPSA) is 69.4 Å². The summed E-state index contributed by atoms with van der Waals surface area (Å²) in [5.74, 6) is -0.731. The zero-order chi connectivity index (χ0) is 15.4. The Morgan fingerprint density at radius 1 is 1.29 bits per heavy atom. The summed E-state index contributed by atoms with van der Waals surface area (Å²) in [4.78, 5) is 22.5. The predicted molar refractivity (Wildman–Crippen MR) is 78.4 cm³/mol. The maximum atomic E-state index is 12.0. The fourth-order valence-electron chi connectivity index (χ4n) is 1.92. The van der Waals surface area contributed by atoms with E-state index in [-0.39, 0.29) is 17.9 Å². The van der Waals surface area contributed by atoms with Crippen LogP contribution in [0.25, 0.3) is 0 Å². The van der Waals surface area contributed by atoms with Crippen molar-refractivity contribution in [1.82, 2.24) is 0 Å². The van der Waals surface area contributed by atoms with E-state index in [9.17, 15) is 14.9 Å². The lowest BCUT2D eigenvalue weighted by atomic mass is 10.1. The molecule has 0 N–H and O–H groups in total. The molecule has 0 aliphatic rings. The van der Waals surface area contributed by atoms with Crippen molar-refractivity contribution in [3.63, 3.8) is 0 Å². The molecule has 0 bridgehead atoms. The molecule has 0 unspecified atom stereocenters. The van der Waals surface area contributed by atoms with Crippen LogP contribution < -0.4 is 0 Å². The van der Waals surface area contributed by atoms with E-state index in [1.807, 2.05) is 0 Å². The number of halogens is 1. The summed E-state index contributed by atoms with van der Waals surface area (Å²) in [5, 5.41) is 11.6. The Balaban J connectivity index is 2.18. The van der Waals surface area contributed by atoms with Gasteiger partial charge in [0.2, 0.25) is 0 Å². The Hall–Kier alpha value is -2.40. The molecule has 0 aliphatic carbocycles. The Bertz CT molecular complexity index is 700. The number of benzene rings is 2. The van der Waals surface area contributed by atoms with Gasteiger partial charge in [0.05, 0.1) is 4.92 Å². The van der Waals surface area contributed by atoms with Gasteiger partial charge in [-0.2, -0.15) is 0 Å². The van der Waals surface area contributed by atoms with Crippen LogP contribution in [0, 0.1) is 17.0 Å². The fourth-order valence-corrected chi connectivity index (χ4v) is 2.13. The van der Waals surface area contributed by atoms with Crippen LogP contribution in [-0.2, 0) is 11.3 Å². The lowest BCUT2D eigenvalue weighted by Crippen LogP contribution is -2.09. The second-order valence-electron chi connectivity index (χ2n) is 4.43. The van der Waals surface area contributed by atoms with E-state index in [4.69, 9.17) is 16.3 Å². The van der Waals surface area contributed by atoms with Crippen LogP contribution >= 0.6 is 11.6 Å². The van der Waals surface area contributed by atoms with Crippen LogP contribution in [0.15, 0.2) is 42.5 Å². The number of nitrogens with zero attached hydrogens (tertiary/aromatic N) is 1. The zero-order valence-corrected chi connectivity index (χ0v) is 12.0. The Labute approximate surface area is 126 Å².